The van der Waals surface area contributed by atoms with Crippen LogP contribution in [0.25, 0.3) is 0 Å². The van der Waals surface area contributed by atoms with Gasteiger partial charge in [0.1, 0.15) is 11.8 Å². The molecule has 0 heterocycles. The van der Waals surface area contributed by atoms with Crippen molar-refractivity contribution < 1.29 is 18.3 Å². The Morgan fingerprint density at radius 3 is 2.13 bits per heavy atom. The number of benzene rings is 1. The smallest absolute Gasteiger partial charge is 0.407 e. The molecular formula is C8H6Br2F3NO. The Kier molecular flexibility index (Phi) is 3.67. The number of halogens is 5. The maximum absolute atomic E-state index is 12.4. The number of hydrogen-bond acceptors (Lipinski definition) is 2. The summed E-state index contributed by atoms with van der Waals surface area (Å²) in [4.78, 5) is 0. The van der Waals surface area contributed by atoms with Crippen LogP contribution in [0.2, 0.25) is 0 Å². The first-order chi connectivity index (χ1) is 6.75. The van der Waals surface area contributed by atoms with Gasteiger partial charge >= 0.3 is 6.18 Å². The summed E-state index contributed by atoms with van der Waals surface area (Å²) < 4.78 is 37.3. The van der Waals surface area contributed by atoms with Gasteiger partial charge in [0, 0.05) is 10.0 Å². The highest BCUT2D eigenvalue weighted by molar-refractivity contribution is 9.11. The molecule has 7 heteroatoms. The maximum Gasteiger partial charge on any atom is 0.407 e. The van der Waals surface area contributed by atoms with Crippen molar-refractivity contribution in [3.63, 3.8) is 0 Å². The molecule has 2 nitrogen and oxygen atoms in total. The van der Waals surface area contributed by atoms with E-state index < -0.39 is 18.0 Å². The second-order valence-corrected chi connectivity index (χ2v) is 4.52. The summed E-state index contributed by atoms with van der Waals surface area (Å²) in [6.07, 6.45) is -4.60. The Bertz CT molecular complexity index is 381. The molecule has 0 aliphatic heterocycles. The summed E-state index contributed by atoms with van der Waals surface area (Å²) in [5.41, 5.74) is 4.63. The molecule has 0 saturated carbocycles. The lowest BCUT2D eigenvalue weighted by molar-refractivity contribution is -0.149. The number of aromatic hydroxyl groups is 1. The van der Waals surface area contributed by atoms with Gasteiger partial charge in [0.25, 0.3) is 0 Å². The molecule has 0 amide bonds. The molecule has 0 bridgehead atoms. The Morgan fingerprint density at radius 2 is 1.67 bits per heavy atom. The van der Waals surface area contributed by atoms with E-state index in [0.717, 1.165) is 0 Å². The van der Waals surface area contributed by atoms with Crippen LogP contribution in [0, 0.1) is 0 Å². The van der Waals surface area contributed by atoms with Gasteiger partial charge in [-0.1, -0.05) is 15.9 Å². The van der Waals surface area contributed by atoms with Gasteiger partial charge in [-0.15, -0.1) is 0 Å². The third kappa shape index (κ3) is 2.64. The highest BCUT2D eigenvalue weighted by Crippen LogP contribution is 2.42. The first-order valence-corrected chi connectivity index (χ1v) is 5.33. The highest BCUT2D eigenvalue weighted by atomic mass is 79.9. The van der Waals surface area contributed by atoms with Gasteiger partial charge in [-0.3, -0.25) is 0 Å². The van der Waals surface area contributed by atoms with E-state index in [1.165, 1.54) is 12.1 Å². The average Bonchev–Trinajstić information content (AvgIpc) is 2.10. The molecular weight excluding hydrogens is 343 g/mol. The molecule has 1 atom stereocenters. The third-order valence-corrected chi connectivity index (χ3v) is 3.11. The molecule has 0 aliphatic carbocycles. The highest BCUT2D eigenvalue weighted by Gasteiger charge is 2.40. The van der Waals surface area contributed by atoms with Gasteiger partial charge in [-0.25, -0.2) is 0 Å². The monoisotopic (exact) mass is 347 g/mol. The summed E-state index contributed by atoms with van der Waals surface area (Å²) in [7, 11) is 0. The number of phenols is 1. The molecule has 0 radical (unpaired) electrons. The molecule has 0 saturated heterocycles. The van der Waals surface area contributed by atoms with E-state index in [0.29, 0.717) is 0 Å². The number of phenolic OH excluding ortho intramolecular Hbond substituents is 1. The zero-order valence-corrected chi connectivity index (χ0v) is 10.3. The summed E-state index contributed by atoms with van der Waals surface area (Å²) in [5.74, 6) is -0.505. The molecule has 15 heavy (non-hydrogen) atoms. The predicted octanol–water partition coefficient (Wildman–Crippen LogP) is 3.48. The van der Waals surface area contributed by atoms with E-state index >= 15 is 0 Å². The van der Waals surface area contributed by atoms with Crippen LogP contribution in [0.1, 0.15) is 11.6 Å². The predicted molar refractivity (Wildman–Crippen MR) is 56.5 cm³/mol. The number of alkyl halides is 3. The van der Waals surface area contributed by atoms with Crippen molar-refractivity contribution in [3.8, 4) is 5.75 Å². The molecule has 0 aromatic heterocycles. The average molecular weight is 349 g/mol. The van der Waals surface area contributed by atoms with Crippen molar-refractivity contribution >= 4 is 31.9 Å². The molecule has 3 N–H and O–H groups in total. The maximum atomic E-state index is 12.4. The van der Waals surface area contributed by atoms with Crippen LogP contribution in [-0.2, 0) is 0 Å². The Morgan fingerprint density at radius 1 is 1.20 bits per heavy atom. The summed E-state index contributed by atoms with van der Waals surface area (Å²) >= 11 is 5.84. The van der Waals surface area contributed by atoms with Gasteiger partial charge in [0.2, 0.25) is 0 Å². The number of hydrogen-bond donors (Lipinski definition) is 2. The SMILES string of the molecule is N[C@@H](c1c(Br)ccc(Br)c1O)C(F)(F)F. The first-order valence-electron chi connectivity index (χ1n) is 3.74. The minimum atomic E-state index is -4.60. The van der Waals surface area contributed by atoms with Crippen LogP contribution in [-0.4, -0.2) is 11.3 Å². The van der Waals surface area contributed by atoms with E-state index in [1.807, 2.05) is 0 Å². The zero-order valence-electron chi connectivity index (χ0n) is 7.15. The second-order valence-electron chi connectivity index (χ2n) is 2.81. The fraction of sp³-hybridized carbons (Fsp3) is 0.250. The van der Waals surface area contributed by atoms with Crippen LogP contribution in [0.4, 0.5) is 13.2 Å². The minimum Gasteiger partial charge on any atom is -0.506 e. The van der Waals surface area contributed by atoms with Crippen molar-refractivity contribution in [1.29, 1.82) is 0 Å². The second kappa shape index (κ2) is 4.31. The van der Waals surface area contributed by atoms with Gasteiger partial charge < -0.3 is 10.8 Å². The minimum absolute atomic E-state index is 0.119. The van der Waals surface area contributed by atoms with E-state index in [2.05, 4.69) is 31.9 Å². The van der Waals surface area contributed by atoms with Crippen molar-refractivity contribution in [2.75, 3.05) is 0 Å². The molecule has 0 unspecified atom stereocenters. The quantitative estimate of drug-likeness (QED) is 0.816. The third-order valence-electron chi connectivity index (χ3n) is 1.78. The largest absolute Gasteiger partial charge is 0.506 e. The number of nitrogens with two attached hydrogens (primary N) is 1. The van der Waals surface area contributed by atoms with Gasteiger partial charge in [-0.05, 0) is 28.1 Å². The summed E-state index contributed by atoms with van der Waals surface area (Å²) in [6.45, 7) is 0. The standard InChI is InChI=1S/C8H6Br2F3NO/c9-3-1-2-4(10)6(15)5(3)7(14)8(11,12)13/h1-2,7,15H,14H2/t7-/m0/s1. The molecule has 84 valence electrons. The number of rotatable bonds is 1. The molecule has 1 aromatic carbocycles. The van der Waals surface area contributed by atoms with Crippen LogP contribution in [0.15, 0.2) is 21.1 Å². The van der Waals surface area contributed by atoms with Crippen LogP contribution in [0.3, 0.4) is 0 Å². The molecule has 0 spiro atoms. The van der Waals surface area contributed by atoms with E-state index in [-0.39, 0.29) is 14.5 Å². The van der Waals surface area contributed by atoms with Crippen molar-refractivity contribution in [2.24, 2.45) is 5.73 Å². The van der Waals surface area contributed by atoms with Crippen LogP contribution >= 0.6 is 31.9 Å². The summed E-state index contributed by atoms with van der Waals surface area (Å²) in [5, 5.41) is 9.46. The van der Waals surface area contributed by atoms with E-state index in [4.69, 9.17) is 5.73 Å². The topological polar surface area (TPSA) is 46.2 Å². The van der Waals surface area contributed by atoms with Crippen LogP contribution in [0.5, 0.6) is 5.75 Å². The zero-order chi connectivity index (χ0) is 11.8. The van der Waals surface area contributed by atoms with E-state index in [1.54, 1.807) is 0 Å². The lowest BCUT2D eigenvalue weighted by Crippen LogP contribution is -2.28. The fourth-order valence-electron chi connectivity index (χ4n) is 1.02. The molecule has 0 aliphatic rings. The summed E-state index contributed by atoms with van der Waals surface area (Å²) in [6, 6.07) is 0.584. The lowest BCUT2D eigenvalue weighted by Gasteiger charge is -2.19. The molecule has 1 aromatic rings. The van der Waals surface area contributed by atoms with Crippen molar-refractivity contribution in [1.82, 2.24) is 0 Å². The first kappa shape index (κ1) is 12.8. The molecule has 0 fully saturated rings. The lowest BCUT2D eigenvalue weighted by atomic mass is 10.1. The van der Waals surface area contributed by atoms with Gasteiger partial charge in [-0.2, -0.15) is 13.2 Å². The Balaban J connectivity index is 3.31. The fourth-order valence-corrected chi connectivity index (χ4v) is 1.93. The van der Waals surface area contributed by atoms with Crippen LogP contribution < -0.4 is 5.73 Å². The van der Waals surface area contributed by atoms with Gasteiger partial charge in [0.15, 0.2) is 0 Å². The normalized spacial score (nSPS) is 14.0. The van der Waals surface area contributed by atoms with Crippen molar-refractivity contribution in [2.45, 2.75) is 12.2 Å². The van der Waals surface area contributed by atoms with Gasteiger partial charge in [0.05, 0.1) is 4.47 Å². The Labute approximate surface area is 101 Å². The van der Waals surface area contributed by atoms with Crippen molar-refractivity contribution in [3.05, 3.63) is 26.6 Å². The Hall–Kier alpha value is -0.270. The van der Waals surface area contributed by atoms with E-state index in [9.17, 15) is 18.3 Å². The molecule has 1 rings (SSSR count).